The molecule has 1 heterocycles. The number of ether oxygens (including phenoxy) is 2. The van der Waals surface area contributed by atoms with Crippen molar-refractivity contribution in [3.63, 3.8) is 0 Å². The Morgan fingerprint density at radius 3 is 2.71 bits per heavy atom. The molecule has 114 valence electrons. The van der Waals surface area contributed by atoms with Crippen LogP contribution in [0.2, 0.25) is 0 Å². The first kappa shape index (κ1) is 17.1. The number of carbonyl (C=O) groups excluding carboxylic acids is 3. The lowest BCUT2D eigenvalue weighted by molar-refractivity contribution is -0.121. The zero-order valence-electron chi connectivity index (χ0n) is 11.2. The van der Waals surface area contributed by atoms with E-state index in [2.05, 4.69) is 18.6 Å². The summed E-state index contributed by atoms with van der Waals surface area (Å²) < 4.78 is 12.0. The van der Waals surface area contributed by atoms with Crippen LogP contribution in [0.15, 0.2) is 24.5 Å². The molecule has 0 bridgehead atoms. The minimum absolute atomic E-state index is 0.167. The fourth-order valence-electron chi connectivity index (χ4n) is 1.29. The van der Waals surface area contributed by atoms with E-state index in [9.17, 15) is 14.4 Å². The Hall–Kier alpha value is -1.91. The summed E-state index contributed by atoms with van der Waals surface area (Å²) in [5.41, 5.74) is 0.252. The summed E-state index contributed by atoms with van der Waals surface area (Å²) in [6.45, 7) is 1.48. The Balaban J connectivity index is 2.59. The van der Waals surface area contributed by atoms with Crippen LogP contribution in [0.3, 0.4) is 0 Å². The third-order valence-corrected chi connectivity index (χ3v) is 2.79. The number of pyridine rings is 1. The summed E-state index contributed by atoms with van der Waals surface area (Å²) in [4.78, 5) is 38.4. The minimum Gasteiger partial charge on any atom is -0.459 e. The molecule has 0 spiro atoms. The van der Waals surface area contributed by atoms with Gasteiger partial charge in [-0.15, -0.1) is 0 Å². The lowest BCUT2D eigenvalue weighted by Crippen LogP contribution is -2.47. The quantitative estimate of drug-likeness (QED) is 0.411. The van der Waals surface area contributed by atoms with Gasteiger partial charge < -0.3 is 14.8 Å². The molecule has 8 nitrogen and oxygen atoms in total. The van der Waals surface area contributed by atoms with Gasteiger partial charge in [0.2, 0.25) is 0 Å². The first-order valence-electron chi connectivity index (χ1n) is 5.99. The van der Waals surface area contributed by atoms with Gasteiger partial charge in [0.05, 0.1) is 35.0 Å². The van der Waals surface area contributed by atoms with Crippen LogP contribution < -0.4 is 8.85 Å². The molecule has 1 rings (SSSR count). The van der Waals surface area contributed by atoms with Crippen LogP contribution in [0, 0.1) is 0 Å². The van der Waals surface area contributed by atoms with Crippen molar-refractivity contribution in [3.8, 4) is 0 Å². The summed E-state index contributed by atoms with van der Waals surface area (Å²) in [5.74, 6) is -1.15. The van der Waals surface area contributed by atoms with E-state index in [1.807, 2.05) is 0 Å². The standard InChI is InChI=1S/C12H14IN3O5/c1-2-20-12(19)15-9(10(17)16-13)7-21-11(18)8-4-3-5-14-6-8/h3-6,9H,2,7H2,1H3,(H,15,19)(H,16,17)/t9-/m0/s1. The van der Waals surface area contributed by atoms with E-state index in [-0.39, 0.29) is 18.8 Å². The molecule has 0 radical (unpaired) electrons. The van der Waals surface area contributed by atoms with Crippen LogP contribution >= 0.6 is 22.9 Å². The van der Waals surface area contributed by atoms with Gasteiger partial charge in [-0.3, -0.25) is 13.3 Å². The van der Waals surface area contributed by atoms with Crippen LogP contribution in [0.5, 0.6) is 0 Å². The second-order valence-electron chi connectivity index (χ2n) is 3.72. The van der Waals surface area contributed by atoms with Gasteiger partial charge >= 0.3 is 12.1 Å². The Morgan fingerprint density at radius 2 is 2.14 bits per heavy atom. The van der Waals surface area contributed by atoms with Gasteiger partial charge in [-0.2, -0.15) is 0 Å². The number of alkyl carbamates (subject to hydrolysis) is 1. The van der Waals surface area contributed by atoms with Crippen molar-refractivity contribution < 1.29 is 23.9 Å². The van der Waals surface area contributed by atoms with Crippen molar-refractivity contribution >= 4 is 40.8 Å². The number of rotatable bonds is 6. The monoisotopic (exact) mass is 407 g/mol. The maximum atomic E-state index is 11.7. The second-order valence-corrected chi connectivity index (χ2v) is 4.26. The van der Waals surface area contributed by atoms with E-state index in [0.717, 1.165) is 0 Å². The molecule has 2 N–H and O–H groups in total. The zero-order chi connectivity index (χ0) is 15.7. The number of nitrogens with zero attached hydrogens (tertiary/aromatic N) is 1. The number of esters is 1. The molecule has 0 saturated heterocycles. The fourth-order valence-corrected chi connectivity index (χ4v) is 1.67. The molecule has 9 heteroatoms. The average molecular weight is 407 g/mol. The maximum Gasteiger partial charge on any atom is 0.407 e. The maximum absolute atomic E-state index is 11.7. The van der Waals surface area contributed by atoms with Gasteiger partial charge in [0.15, 0.2) is 0 Å². The summed E-state index contributed by atoms with van der Waals surface area (Å²) >= 11 is 1.62. The van der Waals surface area contributed by atoms with Crippen LogP contribution in [-0.2, 0) is 14.3 Å². The molecule has 0 aliphatic heterocycles. The third kappa shape index (κ3) is 5.94. The second kappa shape index (κ2) is 9.10. The molecular formula is C12H14IN3O5. The van der Waals surface area contributed by atoms with Crippen molar-refractivity contribution in [2.45, 2.75) is 13.0 Å². The number of halogens is 1. The lowest BCUT2D eigenvalue weighted by Gasteiger charge is -2.16. The molecule has 0 fully saturated rings. The molecule has 0 saturated carbocycles. The normalized spacial score (nSPS) is 11.1. The van der Waals surface area contributed by atoms with Crippen LogP contribution in [0.4, 0.5) is 4.79 Å². The van der Waals surface area contributed by atoms with Crippen LogP contribution in [0.1, 0.15) is 17.3 Å². The average Bonchev–Trinajstić information content (AvgIpc) is 2.51. The Labute approximate surface area is 135 Å². The van der Waals surface area contributed by atoms with Gasteiger partial charge in [0.25, 0.3) is 5.91 Å². The zero-order valence-corrected chi connectivity index (χ0v) is 13.3. The highest BCUT2D eigenvalue weighted by molar-refractivity contribution is 14.1. The number of hydrogen-bond acceptors (Lipinski definition) is 6. The van der Waals surface area contributed by atoms with Gasteiger partial charge in [0, 0.05) is 12.4 Å². The van der Waals surface area contributed by atoms with Crippen molar-refractivity contribution in [1.82, 2.24) is 13.8 Å². The third-order valence-electron chi connectivity index (χ3n) is 2.26. The molecule has 0 aliphatic rings. The van der Waals surface area contributed by atoms with Crippen LogP contribution in [0.25, 0.3) is 0 Å². The molecular weight excluding hydrogens is 393 g/mol. The van der Waals surface area contributed by atoms with E-state index in [1.165, 1.54) is 18.5 Å². The van der Waals surface area contributed by atoms with Crippen molar-refractivity contribution in [1.29, 1.82) is 0 Å². The van der Waals surface area contributed by atoms with Crippen molar-refractivity contribution in [2.75, 3.05) is 13.2 Å². The first-order valence-corrected chi connectivity index (χ1v) is 7.07. The predicted octanol–water partition coefficient (Wildman–Crippen LogP) is 0.819. The number of aromatic nitrogens is 1. The molecule has 1 atom stereocenters. The van der Waals surface area contributed by atoms with Gasteiger partial charge in [-0.25, -0.2) is 9.59 Å². The minimum atomic E-state index is -1.04. The van der Waals surface area contributed by atoms with E-state index < -0.39 is 24.0 Å². The van der Waals surface area contributed by atoms with E-state index in [1.54, 1.807) is 35.9 Å². The molecule has 0 aromatic carbocycles. The SMILES string of the molecule is CCOC(=O)N[C@@H](COC(=O)c1cccnc1)C(=O)NI. The Kier molecular flexibility index (Phi) is 7.43. The molecule has 0 aliphatic carbocycles. The Morgan fingerprint density at radius 1 is 1.38 bits per heavy atom. The largest absolute Gasteiger partial charge is 0.459 e. The van der Waals surface area contributed by atoms with Gasteiger partial charge in [-0.05, 0) is 19.1 Å². The topological polar surface area (TPSA) is 107 Å². The summed E-state index contributed by atoms with van der Waals surface area (Å²) in [6, 6.07) is 2.07. The van der Waals surface area contributed by atoms with Crippen LogP contribution in [-0.4, -0.2) is 42.2 Å². The van der Waals surface area contributed by atoms with Crippen molar-refractivity contribution in [2.24, 2.45) is 0 Å². The summed E-state index contributed by atoms with van der Waals surface area (Å²) in [5, 5.41) is 2.30. The predicted molar refractivity (Wildman–Crippen MR) is 80.6 cm³/mol. The van der Waals surface area contributed by atoms with E-state index in [0.29, 0.717) is 0 Å². The smallest absolute Gasteiger partial charge is 0.407 e. The Bertz CT molecular complexity index is 497. The van der Waals surface area contributed by atoms with Gasteiger partial charge in [-0.1, -0.05) is 0 Å². The van der Waals surface area contributed by atoms with Gasteiger partial charge in [0.1, 0.15) is 12.6 Å². The molecule has 21 heavy (non-hydrogen) atoms. The number of amides is 2. The first-order chi connectivity index (χ1) is 10.1. The highest BCUT2D eigenvalue weighted by Crippen LogP contribution is 2.00. The van der Waals surface area contributed by atoms with Crippen molar-refractivity contribution in [3.05, 3.63) is 30.1 Å². The summed E-state index contributed by atoms with van der Waals surface area (Å²) in [6.07, 6.45) is 2.10. The molecule has 1 aromatic rings. The number of hydrogen-bond donors (Lipinski definition) is 2. The van der Waals surface area contributed by atoms with E-state index in [4.69, 9.17) is 4.74 Å². The molecule has 0 unspecified atom stereocenters. The van der Waals surface area contributed by atoms with E-state index >= 15 is 0 Å². The highest BCUT2D eigenvalue weighted by atomic mass is 127. The highest BCUT2D eigenvalue weighted by Gasteiger charge is 2.23. The molecule has 2 amide bonds. The lowest BCUT2D eigenvalue weighted by atomic mass is 10.3. The number of nitrogens with one attached hydrogen (secondary N) is 2. The number of carbonyl (C=O) groups is 3. The molecule has 1 aromatic heterocycles. The summed E-state index contributed by atoms with van der Waals surface area (Å²) in [7, 11) is 0. The fraction of sp³-hybridized carbons (Fsp3) is 0.333.